The maximum absolute atomic E-state index is 10.2. The van der Waals surface area contributed by atoms with Crippen LogP contribution in [0.5, 0.6) is 0 Å². The SMILES string of the molecule is CC(C)(N=O)[NH+](N)[O-]. The first kappa shape index (κ1) is 7.48. The summed E-state index contributed by atoms with van der Waals surface area (Å²) in [6, 6.07) is 0. The van der Waals surface area contributed by atoms with Crippen molar-refractivity contribution in [2.24, 2.45) is 11.0 Å². The molecule has 0 aromatic heterocycles. The summed E-state index contributed by atoms with van der Waals surface area (Å²) >= 11 is 0. The summed E-state index contributed by atoms with van der Waals surface area (Å²) in [5.74, 6) is 4.75. The van der Waals surface area contributed by atoms with Gasteiger partial charge in [0.15, 0.2) is 0 Å². The summed E-state index contributed by atoms with van der Waals surface area (Å²) in [5, 5.41) is 12.0. The molecule has 8 heavy (non-hydrogen) atoms. The summed E-state index contributed by atoms with van der Waals surface area (Å²) in [6.45, 7) is 2.73. The number of rotatable bonds is 2. The molecular formula is C3H9N3O2. The van der Waals surface area contributed by atoms with Crippen LogP contribution in [-0.4, -0.2) is 5.66 Å². The minimum Gasteiger partial charge on any atom is -0.611 e. The van der Waals surface area contributed by atoms with Crippen LogP contribution in [0.2, 0.25) is 0 Å². The average molecular weight is 119 g/mol. The molecule has 5 heteroatoms. The number of hydrogen-bond acceptors (Lipinski definition) is 4. The number of hydroxylamine groups is 1. The minimum absolute atomic E-state index is 0.701. The lowest BCUT2D eigenvalue weighted by atomic mass is 10.3. The van der Waals surface area contributed by atoms with E-state index in [-0.39, 0.29) is 0 Å². The quantitative estimate of drug-likeness (QED) is 0.270. The Kier molecular flexibility index (Phi) is 2.02. The van der Waals surface area contributed by atoms with E-state index in [2.05, 4.69) is 5.18 Å². The van der Waals surface area contributed by atoms with E-state index < -0.39 is 10.8 Å². The molecule has 0 aliphatic rings. The van der Waals surface area contributed by atoms with Gasteiger partial charge in [0.1, 0.15) is 0 Å². The van der Waals surface area contributed by atoms with Gasteiger partial charge in [-0.1, -0.05) is 0 Å². The number of nitroso groups, excluding NO2 is 1. The number of nitrogens with two attached hydrogens (primary N) is 1. The van der Waals surface area contributed by atoms with Gasteiger partial charge >= 0.3 is 0 Å². The number of nitrogens with zero attached hydrogens (tertiary/aromatic N) is 1. The number of nitrogens with one attached hydrogen (secondary N) is 1. The van der Waals surface area contributed by atoms with Gasteiger partial charge in [0.2, 0.25) is 5.66 Å². The zero-order valence-corrected chi connectivity index (χ0v) is 4.84. The van der Waals surface area contributed by atoms with Crippen molar-refractivity contribution in [1.82, 2.24) is 0 Å². The molecule has 3 N–H and O–H groups in total. The molecule has 0 saturated carbocycles. The summed E-state index contributed by atoms with van der Waals surface area (Å²) < 4.78 is 0. The van der Waals surface area contributed by atoms with E-state index in [1.807, 2.05) is 0 Å². The van der Waals surface area contributed by atoms with E-state index in [1.165, 1.54) is 13.8 Å². The molecular weight excluding hydrogens is 110 g/mol. The molecule has 0 aliphatic heterocycles. The third kappa shape index (κ3) is 1.53. The molecule has 1 atom stereocenters. The van der Waals surface area contributed by atoms with Gasteiger partial charge < -0.3 is 5.21 Å². The molecule has 0 aromatic rings. The zero-order chi connectivity index (χ0) is 6.78. The van der Waals surface area contributed by atoms with Gasteiger partial charge in [-0.25, -0.2) is 0 Å². The monoisotopic (exact) mass is 119 g/mol. The highest BCUT2D eigenvalue weighted by atomic mass is 16.5. The van der Waals surface area contributed by atoms with Crippen molar-refractivity contribution in [3.8, 4) is 0 Å². The molecule has 0 aliphatic carbocycles. The minimum atomic E-state index is -1.25. The lowest BCUT2D eigenvalue weighted by molar-refractivity contribution is -0.912. The topological polar surface area (TPSA) is 83.0 Å². The Morgan fingerprint density at radius 2 is 2.12 bits per heavy atom. The van der Waals surface area contributed by atoms with E-state index in [9.17, 15) is 10.1 Å². The first-order chi connectivity index (χ1) is 3.50. The van der Waals surface area contributed by atoms with E-state index in [4.69, 9.17) is 5.84 Å². The zero-order valence-electron chi connectivity index (χ0n) is 4.84. The van der Waals surface area contributed by atoms with Crippen LogP contribution in [0.25, 0.3) is 0 Å². The fourth-order valence-electron chi connectivity index (χ4n) is 0.0450. The molecule has 5 nitrogen and oxygen atoms in total. The number of hydrogen-bond donors (Lipinski definition) is 2. The van der Waals surface area contributed by atoms with Crippen molar-refractivity contribution < 1.29 is 5.17 Å². The van der Waals surface area contributed by atoms with Crippen molar-refractivity contribution in [3.63, 3.8) is 0 Å². The first-order valence-corrected chi connectivity index (χ1v) is 2.15. The van der Waals surface area contributed by atoms with Crippen LogP contribution in [0.1, 0.15) is 13.8 Å². The molecule has 0 amide bonds. The second kappa shape index (κ2) is 2.17. The van der Waals surface area contributed by atoms with Crippen molar-refractivity contribution >= 4 is 0 Å². The fraction of sp³-hybridized carbons (Fsp3) is 1.00. The second-order valence-corrected chi connectivity index (χ2v) is 2.01. The highest BCUT2D eigenvalue weighted by Gasteiger charge is 2.23. The standard InChI is InChI=1S/C3H9N3O2/c1-3(2,5-7)6(4)8/h6H,4H2,1-2H3. The van der Waals surface area contributed by atoms with Crippen LogP contribution < -0.4 is 11.0 Å². The maximum atomic E-state index is 10.2. The molecule has 0 aromatic carbocycles. The summed E-state index contributed by atoms with van der Waals surface area (Å²) in [6.07, 6.45) is 0. The van der Waals surface area contributed by atoms with Crippen molar-refractivity contribution in [1.29, 1.82) is 0 Å². The van der Waals surface area contributed by atoms with Gasteiger partial charge in [-0.2, -0.15) is 5.84 Å². The predicted octanol–water partition coefficient (Wildman–Crippen LogP) is -1.25. The Labute approximate surface area is 47.0 Å². The third-order valence-electron chi connectivity index (χ3n) is 0.831. The third-order valence-corrected chi connectivity index (χ3v) is 0.831. The lowest BCUT2D eigenvalue weighted by Gasteiger charge is -2.25. The van der Waals surface area contributed by atoms with Gasteiger partial charge in [-0.15, -0.1) is 4.91 Å². The van der Waals surface area contributed by atoms with Crippen LogP contribution in [0.4, 0.5) is 0 Å². The van der Waals surface area contributed by atoms with Crippen LogP contribution in [-0.2, 0) is 0 Å². The Hall–Kier alpha value is -0.520. The first-order valence-electron chi connectivity index (χ1n) is 2.15. The van der Waals surface area contributed by atoms with E-state index in [1.54, 1.807) is 0 Å². The van der Waals surface area contributed by atoms with Crippen molar-refractivity contribution in [2.45, 2.75) is 19.5 Å². The molecule has 0 radical (unpaired) electrons. The molecule has 0 saturated heterocycles. The lowest BCUT2D eigenvalue weighted by Crippen LogP contribution is -3.20. The normalized spacial score (nSPS) is 15.5. The molecule has 0 fully saturated rings. The largest absolute Gasteiger partial charge is 0.611 e. The van der Waals surface area contributed by atoms with Gasteiger partial charge in [-0.05, 0) is 5.18 Å². The van der Waals surface area contributed by atoms with Gasteiger partial charge in [0, 0.05) is 13.8 Å². The molecule has 0 rings (SSSR count). The Morgan fingerprint density at radius 1 is 1.75 bits per heavy atom. The summed E-state index contributed by atoms with van der Waals surface area (Å²) in [4.78, 5) is 9.72. The van der Waals surface area contributed by atoms with Gasteiger partial charge in [-0.3, -0.25) is 5.17 Å². The molecule has 0 heterocycles. The number of quaternary nitrogens is 1. The summed E-state index contributed by atoms with van der Waals surface area (Å²) in [5.41, 5.74) is -1.25. The Bertz CT molecular complexity index is 90.5. The predicted molar refractivity (Wildman–Crippen MR) is 28.4 cm³/mol. The van der Waals surface area contributed by atoms with Crippen LogP contribution >= 0.6 is 0 Å². The summed E-state index contributed by atoms with van der Waals surface area (Å²) in [7, 11) is 0. The average Bonchev–Trinajstić information content (AvgIpc) is 1.67. The van der Waals surface area contributed by atoms with Crippen LogP contribution in [0.3, 0.4) is 0 Å². The van der Waals surface area contributed by atoms with E-state index in [0.29, 0.717) is 0 Å². The van der Waals surface area contributed by atoms with Gasteiger partial charge in [0.25, 0.3) is 0 Å². The van der Waals surface area contributed by atoms with Crippen LogP contribution in [0, 0.1) is 10.1 Å². The smallest absolute Gasteiger partial charge is 0.240 e. The highest BCUT2D eigenvalue weighted by Crippen LogP contribution is 1.93. The molecule has 0 spiro atoms. The fourth-order valence-corrected chi connectivity index (χ4v) is 0.0450. The van der Waals surface area contributed by atoms with Crippen molar-refractivity contribution in [3.05, 3.63) is 10.1 Å². The molecule has 1 unspecified atom stereocenters. The molecule has 48 valence electrons. The highest BCUT2D eigenvalue weighted by molar-refractivity contribution is 4.58. The van der Waals surface area contributed by atoms with Crippen molar-refractivity contribution in [2.75, 3.05) is 0 Å². The Balaban J connectivity index is 3.90. The Morgan fingerprint density at radius 3 is 2.12 bits per heavy atom. The van der Waals surface area contributed by atoms with E-state index in [0.717, 1.165) is 0 Å². The van der Waals surface area contributed by atoms with E-state index >= 15 is 0 Å². The second-order valence-electron chi connectivity index (χ2n) is 2.01. The van der Waals surface area contributed by atoms with Crippen LogP contribution in [0.15, 0.2) is 5.18 Å². The molecule has 0 bridgehead atoms. The maximum Gasteiger partial charge on any atom is 0.240 e. The van der Waals surface area contributed by atoms with Gasteiger partial charge in [0.05, 0.1) is 0 Å².